The molecule has 0 fully saturated rings. The van der Waals surface area contributed by atoms with E-state index in [2.05, 4.69) is 32.6 Å². The first-order valence-corrected chi connectivity index (χ1v) is 8.88. The molecule has 3 rings (SSSR count). The molecule has 26 heavy (non-hydrogen) atoms. The Bertz CT molecular complexity index is 868. The Labute approximate surface area is 174 Å². The summed E-state index contributed by atoms with van der Waals surface area (Å²) >= 11 is 1.61. The Kier molecular flexibility index (Phi) is 7.21. The fourth-order valence-electron chi connectivity index (χ4n) is 2.54. The zero-order chi connectivity index (χ0) is 17.8. The van der Waals surface area contributed by atoms with Crippen LogP contribution < -0.4 is 10.6 Å². The molecule has 0 amide bonds. The molecule has 0 radical (unpaired) electrons. The van der Waals surface area contributed by atoms with Crippen molar-refractivity contribution in [3.63, 3.8) is 0 Å². The topological polar surface area (TPSA) is 80.3 Å². The number of nitrogens with one attached hydrogen (secondary N) is 2. The average molecular weight is 486 g/mol. The molecule has 9 heteroatoms. The lowest BCUT2D eigenvalue weighted by Crippen LogP contribution is -2.36. The molecule has 0 aromatic carbocycles. The molecule has 0 bridgehead atoms. The second-order valence-corrected chi connectivity index (χ2v) is 6.62. The van der Waals surface area contributed by atoms with Crippen LogP contribution in [0.2, 0.25) is 0 Å². The summed E-state index contributed by atoms with van der Waals surface area (Å²) in [4.78, 5) is 9.77. The van der Waals surface area contributed by atoms with Gasteiger partial charge in [0.15, 0.2) is 5.96 Å². The van der Waals surface area contributed by atoms with Crippen molar-refractivity contribution in [2.45, 2.75) is 26.9 Å². The Hall–Kier alpha value is -1.88. The molecular weight excluding hydrogens is 463 g/mol. The molecule has 0 spiro atoms. The second kappa shape index (κ2) is 9.17. The van der Waals surface area contributed by atoms with E-state index in [-0.39, 0.29) is 24.0 Å². The summed E-state index contributed by atoms with van der Waals surface area (Å²) in [7, 11) is 3.70. The minimum Gasteiger partial charge on any atom is -0.443 e. The molecule has 0 saturated heterocycles. The fraction of sp³-hybridized carbons (Fsp3) is 0.353. The maximum absolute atomic E-state index is 5.53. The van der Waals surface area contributed by atoms with Crippen molar-refractivity contribution in [2.75, 3.05) is 7.05 Å². The number of thiophene rings is 1. The van der Waals surface area contributed by atoms with E-state index in [1.54, 1.807) is 24.6 Å². The van der Waals surface area contributed by atoms with Gasteiger partial charge in [0.1, 0.15) is 6.26 Å². The van der Waals surface area contributed by atoms with E-state index in [4.69, 9.17) is 4.42 Å². The van der Waals surface area contributed by atoms with Crippen LogP contribution in [-0.2, 0) is 20.1 Å². The van der Waals surface area contributed by atoms with Crippen LogP contribution in [0.15, 0.2) is 33.2 Å². The van der Waals surface area contributed by atoms with Crippen molar-refractivity contribution in [2.24, 2.45) is 12.0 Å². The van der Waals surface area contributed by atoms with Gasteiger partial charge in [-0.2, -0.15) is 5.10 Å². The van der Waals surface area contributed by atoms with Gasteiger partial charge in [-0.1, -0.05) is 6.07 Å². The summed E-state index contributed by atoms with van der Waals surface area (Å²) in [5, 5.41) is 13.0. The van der Waals surface area contributed by atoms with Gasteiger partial charge in [0.05, 0.1) is 22.8 Å². The van der Waals surface area contributed by atoms with Crippen molar-refractivity contribution in [3.05, 3.63) is 46.4 Å². The summed E-state index contributed by atoms with van der Waals surface area (Å²) in [6, 6.07) is 3.98. The summed E-state index contributed by atoms with van der Waals surface area (Å²) < 4.78 is 7.42. The first-order valence-electron chi connectivity index (χ1n) is 8.00. The van der Waals surface area contributed by atoms with E-state index in [0.29, 0.717) is 24.9 Å². The quantitative estimate of drug-likeness (QED) is 0.329. The van der Waals surface area contributed by atoms with Crippen LogP contribution >= 0.6 is 35.3 Å². The third-order valence-electron chi connectivity index (χ3n) is 4.04. The predicted octanol–water partition coefficient (Wildman–Crippen LogP) is 3.24. The number of hydrogen-bond donors (Lipinski definition) is 2. The number of rotatable bonds is 5. The maximum Gasteiger partial charge on any atom is 0.236 e. The minimum absolute atomic E-state index is 0. The minimum atomic E-state index is 0. The number of aliphatic imine (C=N–C) groups is 1. The van der Waals surface area contributed by atoms with Gasteiger partial charge in [0.2, 0.25) is 5.89 Å². The molecule has 3 heterocycles. The lowest BCUT2D eigenvalue weighted by Gasteiger charge is -2.11. The lowest BCUT2D eigenvalue weighted by molar-refractivity contribution is 0.573. The van der Waals surface area contributed by atoms with Crippen LogP contribution in [0.1, 0.15) is 22.6 Å². The maximum atomic E-state index is 5.53. The molecule has 0 aliphatic heterocycles. The highest BCUT2D eigenvalue weighted by Crippen LogP contribution is 2.23. The molecule has 0 aliphatic carbocycles. The Morgan fingerprint density at radius 2 is 2.08 bits per heavy atom. The number of guanidine groups is 1. The third kappa shape index (κ3) is 4.64. The lowest BCUT2D eigenvalue weighted by atomic mass is 10.2. The summed E-state index contributed by atoms with van der Waals surface area (Å²) in [6.45, 7) is 5.29. The van der Waals surface area contributed by atoms with Crippen molar-refractivity contribution in [3.8, 4) is 10.8 Å². The fourth-order valence-corrected chi connectivity index (χ4v) is 3.20. The highest BCUT2D eigenvalue weighted by Gasteiger charge is 2.11. The van der Waals surface area contributed by atoms with Crippen LogP contribution in [0.25, 0.3) is 10.8 Å². The van der Waals surface area contributed by atoms with E-state index < -0.39 is 0 Å². The summed E-state index contributed by atoms with van der Waals surface area (Å²) in [5.41, 5.74) is 4.20. The van der Waals surface area contributed by atoms with E-state index in [0.717, 1.165) is 22.0 Å². The van der Waals surface area contributed by atoms with Crippen LogP contribution in [-0.4, -0.2) is 27.8 Å². The molecule has 140 valence electrons. The summed E-state index contributed by atoms with van der Waals surface area (Å²) in [6.07, 6.45) is 1.67. The van der Waals surface area contributed by atoms with E-state index in [9.17, 15) is 0 Å². The van der Waals surface area contributed by atoms with Gasteiger partial charge in [-0.25, -0.2) is 4.98 Å². The number of hydrogen-bond acceptors (Lipinski definition) is 5. The highest BCUT2D eigenvalue weighted by molar-refractivity contribution is 14.0. The number of halogens is 1. The van der Waals surface area contributed by atoms with E-state index >= 15 is 0 Å². The standard InChI is InChI=1S/C17H22N6OS.HI/c1-11-14(12(2)23(4)22-11)9-20-17(18-3)19-8-13-10-24-16(21-13)15-6-5-7-25-15;/h5-7,10H,8-9H2,1-4H3,(H2,18,19,20);1H. The predicted molar refractivity (Wildman–Crippen MR) is 115 cm³/mol. The molecule has 3 aromatic rings. The van der Waals surface area contributed by atoms with E-state index in [1.807, 2.05) is 36.2 Å². The van der Waals surface area contributed by atoms with Crippen molar-refractivity contribution >= 4 is 41.3 Å². The van der Waals surface area contributed by atoms with Gasteiger partial charge in [-0.05, 0) is 25.3 Å². The zero-order valence-corrected chi connectivity index (χ0v) is 18.4. The first-order chi connectivity index (χ1) is 12.1. The van der Waals surface area contributed by atoms with Crippen LogP contribution in [0.4, 0.5) is 0 Å². The monoisotopic (exact) mass is 486 g/mol. The largest absolute Gasteiger partial charge is 0.443 e. The molecule has 0 aliphatic rings. The van der Waals surface area contributed by atoms with Crippen molar-refractivity contribution < 1.29 is 4.42 Å². The van der Waals surface area contributed by atoms with Crippen LogP contribution in [0.3, 0.4) is 0 Å². The van der Waals surface area contributed by atoms with Crippen LogP contribution in [0, 0.1) is 13.8 Å². The summed E-state index contributed by atoms with van der Waals surface area (Å²) in [5.74, 6) is 1.36. The molecule has 0 atom stereocenters. The van der Waals surface area contributed by atoms with Gasteiger partial charge >= 0.3 is 0 Å². The van der Waals surface area contributed by atoms with Gasteiger partial charge in [-0.15, -0.1) is 35.3 Å². The zero-order valence-electron chi connectivity index (χ0n) is 15.2. The Balaban J connectivity index is 0.00000243. The highest BCUT2D eigenvalue weighted by atomic mass is 127. The molecule has 0 saturated carbocycles. The van der Waals surface area contributed by atoms with Crippen LogP contribution in [0.5, 0.6) is 0 Å². The molecule has 7 nitrogen and oxygen atoms in total. The average Bonchev–Trinajstić information content (AvgIpc) is 3.31. The van der Waals surface area contributed by atoms with Crippen molar-refractivity contribution in [1.29, 1.82) is 0 Å². The number of aromatic nitrogens is 3. The van der Waals surface area contributed by atoms with Gasteiger partial charge < -0.3 is 15.1 Å². The number of nitrogens with zero attached hydrogens (tertiary/aromatic N) is 4. The van der Waals surface area contributed by atoms with E-state index in [1.165, 1.54) is 5.56 Å². The molecule has 2 N–H and O–H groups in total. The normalized spacial score (nSPS) is 11.3. The Morgan fingerprint density at radius 1 is 1.31 bits per heavy atom. The second-order valence-electron chi connectivity index (χ2n) is 5.67. The molecule has 0 unspecified atom stereocenters. The van der Waals surface area contributed by atoms with Crippen molar-refractivity contribution in [1.82, 2.24) is 25.4 Å². The first kappa shape index (κ1) is 20.4. The Morgan fingerprint density at radius 3 is 2.69 bits per heavy atom. The smallest absolute Gasteiger partial charge is 0.236 e. The van der Waals surface area contributed by atoms with Gasteiger partial charge in [-0.3, -0.25) is 9.67 Å². The number of aryl methyl sites for hydroxylation is 2. The van der Waals surface area contributed by atoms with Gasteiger partial charge in [0.25, 0.3) is 0 Å². The molecular formula is C17H23IN6OS. The third-order valence-corrected chi connectivity index (χ3v) is 4.89. The number of oxazole rings is 1. The SMILES string of the molecule is CN=C(NCc1coc(-c2cccs2)n1)NCc1c(C)nn(C)c1C.I. The van der Waals surface area contributed by atoms with Gasteiger partial charge in [0, 0.05) is 31.9 Å². The molecule has 3 aromatic heterocycles.